The summed E-state index contributed by atoms with van der Waals surface area (Å²) in [5, 5.41) is 18.2. The minimum atomic E-state index is -3.11. The molecule has 1 fully saturated rings. The average molecular weight is 397 g/mol. The van der Waals surface area contributed by atoms with Gasteiger partial charge in [0.2, 0.25) is 5.95 Å². The molecule has 0 bridgehead atoms. The molecular formula is C17H28N6O3S. The summed E-state index contributed by atoms with van der Waals surface area (Å²) >= 11 is 0. The van der Waals surface area contributed by atoms with E-state index in [4.69, 9.17) is 4.98 Å². The highest BCUT2D eigenvalue weighted by Gasteiger charge is 2.23. The van der Waals surface area contributed by atoms with Crippen LogP contribution >= 0.6 is 0 Å². The van der Waals surface area contributed by atoms with Crippen LogP contribution in [0.5, 0.6) is 0 Å². The van der Waals surface area contributed by atoms with Gasteiger partial charge in [-0.1, -0.05) is 0 Å². The Morgan fingerprint density at radius 3 is 2.52 bits per heavy atom. The molecule has 0 unspecified atom stereocenters. The second-order valence-corrected chi connectivity index (χ2v) is 9.83. The van der Waals surface area contributed by atoms with E-state index in [0.717, 1.165) is 11.0 Å². The monoisotopic (exact) mass is 396 g/mol. The molecule has 1 atom stereocenters. The maximum Gasteiger partial charge on any atom is 0.229 e. The molecule has 3 heterocycles. The van der Waals surface area contributed by atoms with E-state index in [1.165, 1.54) is 6.26 Å². The molecule has 1 saturated heterocycles. The molecule has 9 nitrogen and oxygen atoms in total. The van der Waals surface area contributed by atoms with Gasteiger partial charge in [0.05, 0.1) is 23.4 Å². The molecule has 1 aliphatic rings. The van der Waals surface area contributed by atoms with Gasteiger partial charge in [-0.2, -0.15) is 15.1 Å². The van der Waals surface area contributed by atoms with Crippen LogP contribution in [-0.4, -0.2) is 70.5 Å². The topological polar surface area (TPSA) is 113 Å². The molecule has 0 aromatic carbocycles. The first kappa shape index (κ1) is 19.8. The first-order chi connectivity index (χ1) is 12.6. The smallest absolute Gasteiger partial charge is 0.229 e. The van der Waals surface area contributed by atoms with Crippen molar-refractivity contribution in [3.8, 4) is 0 Å². The molecule has 0 saturated carbocycles. The number of hydrogen-bond acceptors (Lipinski definition) is 8. The zero-order valence-electron chi connectivity index (χ0n) is 16.3. The van der Waals surface area contributed by atoms with Gasteiger partial charge in [0.25, 0.3) is 0 Å². The maximum atomic E-state index is 11.6. The summed E-state index contributed by atoms with van der Waals surface area (Å²) in [5.41, 5.74) is 0.718. The lowest BCUT2D eigenvalue weighted by Gasteiger charge is -2.30. The number of hydrogen-bond donors (Lipinski definition) is 2. The summed E-state index contributed by atoms with van der Waals surface area (Å²) in [4.78, 5) is 11.4. The zero-order chi connectivity index (χ0) is 19.8. The van der Waals surface area contributed by atoms with Crippen molar-refractivity contribution < 1.29 is 13.5 Å². The third-order valence-electron chi connectivity index (χ3n) is 4.61. The van der Waals surface area contributed by atoms with Gasteiger partial charge in [0.1, 0.15) is 15.7 Å². The Kier molecular flexibility index (Phi) is 5.57. The summed E-state index contributed by atoms with van der Waals surface area (Å²) in [7, 11) is -3.11. The number of fused-ring (bicyclic) bond motifs is 1. The number of aliphatic hydroxyl groups is 1. The van der Waals surface area contributed by atoms with Crippen LogP contribution in [0.4, 0.5) is 11.8 Å². The van der Waals surface area contributed by atoms with Gasteiger partial charge in [-0.05, 0) is 33.6 Å². The van der Waals surface area contributed by atoms with Gasteiger partial charge >= 0.3 is 0 Å². The summed E-state index contributed by atoms with van der Waals surface area (Å²) in [5.74, 6) is 1.18. The fraction of sp³-hybridized carbons (Fsp3) is 0.706. The number of anilines is 2. The second kappa shape index (κ2) is 7.59. The highest BCUT2D eigenvalue weighted by atomic mass is 32.2. The van der Waals surface area contributed by atoms with Crippen LogP contribution in [0.15, 0.2) is 6.20 Å². The maximum absolute atomic E-state index is 11.6. The Bertz CT molecular complexity index is 903. The number of aromatic nitrogens is 4. The second-order valence-electron chi connectivity index (χ2n) is 7.65. The molecular weight excluding hydrogens is 368 g/mol. The van der Waals surface area contributed by atoms with Crippen LogP contribution in [-0.2, 0) is 9.84 Å². The van der Waals surface area contributed by atoms with Gasteiger partial charge in [-0.25, -0.2) is 13.1 Å². The predicted molar refractivity (Wildman–Crippen MR) is 106 cm³/mol. The average Bonchev–Trinajstić information content (AvgIpc) is 2.98. The first-order valence-electron chi connectivity index (χ1n) is 9.26. The molecule has 3 rings (SSSR count). The van der Waals surface area contributed by atoms with E-state index in [9.17, 15) is 13.5 Å². The number of piperidine rings is 1. The van der Waals surface area contributed by atoms with Gasteiger partial charge in [-0.3, -0.25) is 0 Å². The normalized spacial score (nSPS) is 17.6. The number of aliphatic hydroxyl groups excluding tert-OH is 1. The van der Waals surface area contributed by atoms with Crippen molar-refractivity contribution in [2.45, 2.75) is 51.8 Å². The zero-order valence-corrected chi connectivity index (χ0v) is 17.1. The van der Waals surface area contributed by atoms with E-state index in [1.807, 2.05) is 25.5 Å². The van der Waals surface area contributed by atoms with Gasteiger partial charge < -0.3 is 15.3 Å². The van der Waals surface area contributed by atoms with Crippen molar-refractivity contribution in [1.82, 2.24) is 19.7 Å². The van der Waals surface area contributed by atoms with Crippen molar-refractivity contribution in [3.63, 3.8) is 0 Å². The lowest BCUT2D eigenvalue weighted by atomic mass is 10.1. The molecule has 0 aliphatic carbocycles. The summed E-state index contributed by atoms with van der Waals surface area (Å²) in [6.07, 6.45) is 4.02. The molecule has 0 amide bonds. The van der Waals surface area contributed by atoms with E-state index in [1.54, 1.807) is 6.20 Å². The van der Waals surface area contributed by atoms with Crippen molar-refractivity contribution in [2.24, 2.45) is 0 Å². The Morgan fingerprint density at radius 2 is 1.93 bits per heavy atom. The summed E-state index contributed by atoms with van der Waals surface area (Å²) in [6, 6.07) is -0.161. The lowest BCUT2D eigenvalue weighted by Crippen LogP contribution is -2.37. The Labute approximate surface area is 159 Å². The predicted octanol–water partition coefficient (Wildman–Crippen LogP) is 1.21. The van der Waals surface area contributed by atoms with Crippen LogP contribution < -0.4 is 10.2 Å². The van der Waals surface area contributed by atoms with E-state index in [2.05, 4.69) is 20.3 Å². The highest BCUT2D eigenvalue weighted by Crippen LogP contribution is 2.27. The van der Waals surface area contributed by atoms with Crippen LogP contribution in [0.1, 0.15) is 39.7 Å². The van der Waals surface area contributed by atoms with Crippen LogP contribution in [0, 0.1) is 0 Å². The summed E-state index contributed by atoms with van der Waals surface area (Å²) in [6.45, 7) is 7.25. The van der Waals surface area contributed by atoms with E-state index in [-0.39, 0.29) is 23.9 Å². The molecule has 27 heavy (non-hydrogen) atoms. The van der Waals surface area contributed by atoms with Crippen molar-refractivity contribution in [3.05, 3.63) is 6.20 Å². The van der Waals surface area contributed by atoms with Crippen LogP contribution in [0.25, 0.3) is 11.0 Å². The molecule has 0 radical (unpaired) electrons. The van der Waals surface area contributed by atoms with E-state index < -0.39 is 9.84 Å². The SMILES string of the molecule is CC(C)n1ncc2c(N[C@H](C)CS(C)(=O)=O)nc(N3CCC(O)CC3)nc21. The fourth-order valence-corrected chi connectivity index (χ4v) is 4.33. The molecule has 2 aromatic heterocycles. The standard InChI is InChI=1S/C17H28N6O3S/c1-11(2)23-16-14(9-18-23)15(19-12(3)10-27(4,25)26)20-17(21-16)22-7-5-13(24)6-8-22/h9,11-13,24H,5-8,10H2,1-4H3,(H,19,20,21)/t12-/m1/s1. The number of sulfone groups is 1. The van der Waals surface area contributed by atoms with E-state index >= 15 is 0 Å². The number of nitrogens with one attached hydrogen (secondary N) is 1. The first-order valence-corrected chi connectivity index (χ1v) is 11.3. The molecule has 1 aliphatic heterocycles. The molecule has 150 valence electrons. The Hall–Kier alpha value is -1.94. The quantitative estimate of drug-likeness (QED) is 0.749. The summed E-state index contributed by atoms with van der Waals surface area (Å²) < 4.78 is 25.1. The third-order valence-corrected chi connectivity index (χ3v) is 5.72. The van der Waals surface area contributed by atoms with Crippen molar-refractivity contribution >= 4 is 32.6 Å². The van der Waals surface area contributed by atoms with Crippen LogP contribution in [0.2, 0.25) is 0 Å². The third kappa shape index (κ3) is 4.67. The minimum Gasteiger partial charge on any atom is -0.393 e. The molecule has 2 aromatic rings. The largest absolute Gasteiger partial charge is 0.393 e. The van der Waals surface area contributed by atoms with E-state index in [0.29, 0.717) is 37.7 Å². The van der Waals surface area contributed by atoms with Gasteiger partial charge in [0.15, 0.2) is 5.65 Å². The Morgan fingerprint density at radius 1 is 1.26 bits per heavy atom. The highest BCUT2D eigenvalue weighted by molar-refractivity contribution is 7.90. The fourth-order valence-electron chi connectivity index (χ4n) is 3.34. The van der Waals surface area contributed by atoms with Crippen LogP contribution in [0.3, 0.4) is 0 Å². The van der Waals surface area contributed by atoms with Gasteiger partial charge in [-0.15, -0.1) is 0 Å². The van der Waals surface area contributed by atoms with Crippen molar-refractivity contribution in [1.29, 1.82) is 0 Å². The number of nitrogens with zero attached hydrogens (tertiary/aromatic N) is 5. The Balaban J connectivity index is 2.00. The molecule has 10 heteroatoms. The lowest BCUT2D eigenvalue weighted by molar-refractivity contribution is 0.145. The molecule has 0 spiro atoms. The number of rotatable bonds is 6. The van der Waals surface area contributed by atoms with Gasteiger partial charge in [0, 0.05) is 31.4 Å². The van der Waals surface area contributed by atoms with Crippen molar-refractivity contribution in [2.75, 3.05) is 35.3 Å². The minimum absolute atomic E-state index is 0.0159. The molecule has 2 N–H and O–H groups in total.